The van der Waals surface area contributed by atoms with Gasteiger partial charge in [-0.2, -0.15) is 0 Å². The van der Waals surface area contributed by atoms with Crippen LogP contribution in [0, 0.1) is 11.3 Å². The quantitative estimate of drug-likeness (QED) is 0.531. The predicted octanol–water partition coefficient (Wildman–Crippen LogP) is 2.36. The lowest BCUT2D eigenvalue weighted by Gasteiger charge is -2.25. The van der Waals surface area contributed by atoms with Crippen LogP contribution in [0.3, 0.4) is 0 Å². The highest BCUT2D eigenvalue weighted by Crippen LogP contribution is 2.32. The second-order valence-electron chi connectivity index (χ2n) is 4.43. The first kappa shape index (κ1) is 8.79. The molecule has 64 valence electrons. The zero-order chi connectivity index (χ0) is 8.48. The monoisotopic (exact) mass is 154 g/mol. The standard InChI is InChI=1S/C10H18O/c1-8-5-4-6-10(2,3)7-9(8)11/h4-5,8-9,11H,6-7H2,1-3H3/t8-,9-/m0/s1. The lowest BCUT2D eigenvalue weighted by molar-refractivity contribution is 0.0903. The van der Waals surface area contributed by atoms with Crippen LogP contribution in [0.5, 0.6) is 0 Å². The van der Waals surface area contributed by atoms with Crippen LogP contribution in [-0.4, -0.2) is 11.2 Å². The van der Waals surface area contributed by atoms with E-state index >= 15 is 0 Å². The van der Waals surface area contributed by atoms with Gasteiger partial charge in [-0.3, -0.25) is 0 Å². The van der Waals surface area contributed by atoms with Crippen molar-refractivity contribution in [2.24, 2.45) is 11.3 Å². The first-order chi connectivity index (χ1) is 5.01. The second-order valence-corrected chi connectivity index (χ2v) is 4.43. The second kappa shape index (κ2) is 2.98. The largest absolute Gasteiger partial charge is 0.393 e. The van der Waals surface area contributed by atoms with Crippen molar-refractivity contribution in [1.29, 1.82) is 0 Å². The minimum Gasteiger partial charge on any atom is -0.393 e. The Morgan fingerprint density at radius 1 is 1.45 bits per heavy atom. The van der Waals surface area contributed by atoms with E-state index in [2.05, 4.69) is 32.9 Å². The Morgan fingerprint density at radius 2 is 2.09 bits per heavy atom. The molecule has 0 fully saturated rings. The Morgan fingerprint density at radius 3 is 2.73 bits per heavy atom. The molecule has 0 radical (unpaired) electrons. The van der Waals surface area contributed by atoms with Crippen LogP contribution in [-0.2, 0) is 0 Å². The van der Waals surface area contributed by atoms with Crippen molar-refractivity contribution >= 4 is 0 Å². The summed E-state index contributed by atoms with van der Waals surface area (Å²) in [6.45, 7) is 6.49. The third-order valence-electron chi connectivity index (χ3n) is 2.48. The molecule has 0 saturated carbocycles. The van der Waals surface area contributed by atoms with Crippen LogP contribution in [0.25, 0.3) is 0 Å². The van der Waals surface area contributed by atoms with Crippen molar-refractivity contribution in [1.82, 2.24) is 0 Å². The van der Waals surface area contributed by atoms with E-state index in [1.54, 1.807) is 0 Å². The minimum atomic E-state index is -0.149. The van der Waals surface area contributed by atoms with Gasteiger partial charge in [0.25, 0.3) is 0 Å². The molecule has 1 rings (SSSR count). The van der Waals surface area contributed by atoms with Crippen molar-refractivity contribution in [2.45, 2.75) is 39.7 Å². The lowest BCUT2D eigenvalue weighted by atomic mass is 9.83. The molecule has 11 heavy (non-hydrogen) atoms. The molecule has 1 aliphatic carbocycles. The lowest BCUT2D eigenvalue weighted by Crippen LogP contribution is -2.22. The van der Waals surface area contributed by atoms with Crippen LogP contribution >= 0.6 is 0 Å². The average molecular weight is 154 g/mol. The van der Waals surface area contributed by atoms with E-state index in [1.165, 1.54) is 0 Å². The number of rotatable bonds is 0. The molecule has 0 spiro atoms. The van der Waals surface area contributed by atoms with Gasteiger partial charge in [0, 0.05) is 0 Å². The van der Waals surface area contributed by atoms with Crippen LogP contribution in [0.1, 0.15) is 33.6 Å². The molecule has 2 atom stereocenters. The molecule has 0 aromatic rings. The average Bonchev–Trinajstić information content (AvgIpc) is 1.93. The third kappa shape index (κ3) is 2.33. The summed E-state index contributed by atoms with van der Waals surface area (Å²) < 4.78 is 0. The van der Waals surface area contributed by atoms with E-state index in [-0.39, 0.29) is 11.5 Å². The third-order valence-corrected chi connectivity index (χ3v) is 2.48. The summed E-state index contributed by atoms with van der Waals surface area (Å²) in [5, 5.41) is 9.64. The molecule has 0 aromatic heterocycles. The van der Waals surface area contributed by atoms with E-state index in [0.29, 0.717) is 5.92 Å². The van der Waals surface area contributed by atoms with Crippen LogP contribution < -0.4 is 0 Å². The van der Waals surface area contributed by atoms with Gasteiger partial charge in [0.05, 0.1) is 6.10 Å². The number of aliphatic hydroxyl groups is 1. The van der Waals surface area contributed by atoms with Gasteiger partial charge < -0.3 is 5.11 Å². The highest BCUT2D eigenvalue weighted by molar-refractivity contribution is 4.98. The molecule has 0 aliphatic heterocycles. The van der Waals surface area contributed by atoms with Crippen molar-refractivity contribution < 1.29 is 5.11 Å². The highest BCUT2D eigenvalue weighted by Gasteiger charge is 2.25. The maximum Gasteiger partial charge on any atom is 0.0605 e. The minimum absolute atomic E-state index is 0.149. The molecule has 1 nitrogen and oxygen atoms in total. The summed E-state index contributed by atoms with van der Waals surface area (Å²) in [5.74, 6) is 0.330. The van der Waals surface area contributed by atoms with E-state index in [1.807, 2.05) is 0 Å². The van der Waals surface area contributed by atoms with Crippen molar-refractivity contribution in [3.63, 3.8) is 0 Å². The fraction of sp³-hybridized carbons (Fsp3) is 0.800. The normalized spacial score (nSPS) is 36.7. The summed E-state index contributed by atoms with van der Waals surface area (Å²) in [6, 6.07) is 0. The highest BCUT2D eigenvalue weighted by atomic mass is 16.3. The van der Waals surface area contributed by atoms with Gasteiger partial charge in [0.1, 0.15) is 0 Å². The summed E-state index contributed by atoms with van der Waals surface area (Å²) in [5.41, 5.74) is 0.278. The molecule has 0 bridgehead atoms. The SMILES string of the molecule is C[C@H]1C=CCC(C)(C)C[C@@H]1O. The summed E-state index contributed by atoms with van der Waals surface area (Å²) in [7, 11) is 0. The Balaban J connectivity index is 2.66. The van der Waals surface area contributed by atoms with Gasteiger partial charge in [-0.15, -0.1) is 0 Å². The molecule has 0 amide bonds. The Hall–Kier alpha value is -0.300. The van der Waals surface area contributed by atoms with Crippen molar-refractivity contribution in [3.8, 4) is 0 Å². The van der Waals surface area contributed by atoms with Crippen molar-refractivity contribution in [3.05, 3.63) is 12.2 Å². The van der Waals surface area contributed by atoms with Crippen LogP contribution in [0.4, 0.5) is 0 Å². The van der Waals surface area contributed by atoms with E-state index < -0.39 is 0 Å². The Kier molecular flexibility index (Phi) is 2.38. The summed E-state index contributed by atoms with van der Waals surface area (Å²) in [6.07, 6.45) is 6.18. The molecule has 1 N–H and O–H groups in total. The zero-order valence-corrected chi connectivity index (χ0v) is 7.67. The number of hydrogen-bond acceptors (Lipinski definition) is 1. The topological polar surface area (TPSA) is 20.2 Å². The van der Waals surface area contributed by atoms with Crippen LogP contribution in [0.15, 0.2) is 12.2 Å². The van der Waals surface area contributed by atoms with E-state index in [9.17, 15) is 5.11 Å². The first-order valence-electron chi connectivity index (χ1n) is 4.36. The fourth-order valence-electron chi connectivity index (χ4n) is 1.57. The Bertz CT molecular complexity index is 158. The van der Waals surface area contributed by atoms with E-state index in [0.717, 1.165) is 12.8 Å². The maximum atomic E-state index is 9.64. The number of hydrogen-bond donors (Lipinski definition) is 1. The molecule has 0 unspecified atom stereocenters. The first-order valence-corrected chi connectivity index (χ1v) is 4.36. The van der Waals surface area contributed by atoms with Gasteiger partial charge in [-0.05, 0) is 24.2 Å². The van der Waals surface area contributed by atoms with E-state index in [4.69, 9.17) is 0 Å². The van der Waals surface area contributed by atoms with Gasteiger partial charge in [-0.25, -0.2) is 0 Å². The predicted molar refractivity (Wildman–Crippen MR) is 47.3 cm³/mol. The number of allylic oxidation sites excluding steroid dienone is 1. The molecule has 0 saturated heterocycles. The molecule has 0 heterocycles. The molecular weight excluding hydrogens is 136 g/mol. The molecule has 1 heteroatoms. The van der Waals surface area contributed by atoms with Gasteiger partial charge in [-0.1, -0.05) is 32.9 Å². The van der Waals surface area contributed by atoms with Gasteiger partial charge in [0.2, 0.25) is 0 Å². The van der Waals surface area contributed by atoms with Gasteiger partial charge in [0.15, 0.2) is 0 Å². The Labute approximate surface area is 69.1 Å². The van der Waals surface area contributed by atoms with Crippen molar-refractivity contribution in [2.75, 3.05) is 0 Å². The van der Waals surface area contributed by atoms with Crippen LogP contribution in [0.2, 0.25) is 0 Å². The molecular formula is C10H18O. The summed E-state index contributed by atoms with van der Waals surface area (Å²) in [4.78, 5) is 0. The summed E-state index contributed by atoms with van der Waals surface area (Å²) >= 11 is 0. The molecule has 0 aromatic carbocycles. The van der Waals surface area contributed by atoms with Gasteiger partial charge >= 0.3 is 0 Å². The number of aliphatic hydroxyl groups excluding tert-OH is 1. The smallest absolute Gasteiger partial charge is 0.0605 e. The fourth-order valence-corrected chi connectivity index (χ4v) is 1.57. The molecule has 1 aliphatic rings. The zero-order valence-electron chi connectivity index (χ0n) is 7.67. The maximum absolute atomic E-state index is 9.64.